The predicted octanol–water partition coefficient (Wildman–Crippen LogP) is 3.98. The molecule has 19 heavy (non-hydrogen) atoms. The van der Waals surface area contributed by atoms with E-state index in [0.29, 0.717) is 12.6 Å². The van der Waals surface area contributed by atoms with Gasteiger partial charge in [-0.15, -0.1) is 0 Å². The molecule has 106 valence electrons. The third-order valence-electron chi connectivity index (χ3n) is 3.29. The van der Waals surface area contributed by atoms with Gasteiger partial charge in [0.05, 0.1) is 6.42 Å². The number of carboxylic acid groups (broad SMARTS) is 1. The second kappa shape index (κ2) is 7.51. The normalized spacial score (nSPS) is 12.9. The average Bonchev–Trinajstić information content (AvgIpc) is 2.35. The van der Waals surface area contributed by atoms with E-state index in [1.807, 2.05) is 24.3 Å². The van der Waals surface area contributed by atoms with E-state index in [1.54, 1.807) is 0 Å². The number of halogens is 1. The summed E-state index contributed by atoms with van der Waals surface area (Å²) in [7, 11) is 0. The SMILES string of the molecule is CCC(c1ccc(Cl)cc1)N(CCC(=O)O)C(C)C. The lowest BCUT2D eigenvalue weighted by Gasteiger charge is -2.34. The van der Waals surface area contributed by atoms with Gasteiger partial charge in [0.2, 0.25) is 0 Å². The summed E-state index contributed by atoms with van der Waals surface area (Å²) < 4.78 is 0. The Labute approximate surface area is 120 Å². The van der Waals surface area contributed by atoms with Crippen molar-refractivity contribution in [2.45, 2.75) is 45.7 Å². The number of hydrogen-bond acceptors (Lipinski definition) is 2. The van der Waals surface area contributed by atoms with E-state index >= 15 is 0 Å². The Bertz CT molecular complexity index is 403. The molecule has 1 atom stereocenters. The highest BCUT2D eigenvalue weighted by atomic mass is 35.5. The molecule has 1 aromatic rings. The summed E-state index contributed by atoms with van der Waals surface area (Å²) in [6, 6.07) is 8.35. The van der Waals surface area contributed by atoms with Crippen LogP contribution in [0.4, 0.5) is 0 Å². The van der Waals surface area contributed by atoms with Gasteiger partial charge in [0, 0.05) is 23.7 Å². The lowest BCUT2D eigenvalue weighted by molar-refractivity contribution is -0.137. The Morgan fingerprint density at radius 1 is 1.32 bits per heavy atom. The number of rotatable bonds is 7. The first-order chi connectivity index (χ1) is 8.95. The van der Waals surface area contributed by atoms with Gasteiger partial charge in [-0.2, -0.15) is 0 Å². The minimum atomic E-state index is -0.753. The van der Waals surface area contributed by atoms with Crippen molar-refractivity contribution in [3.63, 3.8) is 0 Å². The van der Waals surface area contributed by atoms with E-state index in [0.717, 1.165) is 11.4 Å². The van der Waals surface area contributed by atoms with Crippen molar-refractivity contribution in [1.29, 1.82) is 0 Å². The highest BCUT2D eigenvalue weighted by molar-refractivity contribution is 6.30. The summed E-state index contributed by atoms with van der Waals surface area (Å²) in [4.78, 5) is 13.0. The molecule has 0 bridgehead atoms. The molecule has 4 heteroatoms. The second-order valence-corrected chi connectivity index (χ2v) is 5.39. The molecule has 0 aliphatic rings. The van der Waals surface area contributed by atoms with Crippen LogP contribution in [0.5, 0.6) is 0 Å². The number of benzene rings is 1. The molecule has 1 unspecified atom stereocenters. The number of nitrogens with zero attached hydrogens (tertiary/aromatic N) is 1. The van der Waals surface area contributed by atoms with Gasteiger partial charge >= 0.3 is 5.97 Å². The average molecular weight is 284 g/mol. The van der Waals surface area contributed by atoms with E-state index < -0.39 is 5.97 Å². The van der Waals surface area contributed by atoms with Crippen LogP contribution in [0.15, 0.2) is 24.3 Å². The van der Waals surface area contributed by atoms with Gasteiger partial charge < -0.3 is 5.11 Å². The summed E-state index contributed by atoms with van der Waals surface area (Å²) >= 11 is 5.91. The fourth-order valence-electron chi connectivity index (χ4n) is 2.35. The molecule has 0 saturated heterocycles. The Morgan fingerprint density at radius 3 is 2.32 bits per heavy atom. The first-order valence-corrected chi connectivity index (χ1v) is 7.06. The van der Waals surface area contributed by atoms with Crippen LogP contribution in [0.3, 0.4) is 0 Å². The molecule has 0 amide bonds. The maximum absolute atomic E-state index is 10.8. The topological polar surface area (TPSA) is 40.5 Å². The van der Waals surface area contributed by atoms with E-state index in [4.69, 9.17) is 16.7 Å². The Morgan fingerprint density at radius 2 is 1.89 bits per heavy atom. The molecule has 0 aliphatic carbocycles. The van der Waals surface area contributed by atoms with E-state index in [-0.39, 0.29) is 12.5 Å². The molecule has 0 fully saturated rings. The number of hydrogen-bond donors (Lipinski definition) is 1. The van der Waals surface area contributed by atoms with E-state index in [9.17, 15) is 4.79 Å². The van der Waals surface area contributed by atoms with Crippen molar-refractivity contribution < 1.29 is 9.90 Å². The summed E-state index contributed by atoms with van der Waals surface area (Å²) in [6.45, 7) is 6.88. The zero-order valence-corrected chi connectivity index (χ0v) is 12.5. The van der Waals surface area contributed by atoms with Crippen molar-refractivity contribution >= 4 is 17.6 Å². The molecule has 0 saturated carbocycles. The van der Waals surface area contributed by atoms with Crippen molar-refractivity contribution in [2.75, 3.05) is 6.54 Å². The van der Waals surface area contributed by atoms with Crippen LogP contribution < -0.4 is 0 Å². The molecule has 0 spiro atoms. The van der Waals surface area contributed by atoms with Crippen LogP contribution in [-0.4, -0.2) is 28.6 Å². The van der Waals surface area contributed by atoms with Crippen LogP contribution in [0.2, 0.25) is 5.02 Å². The molecule has 1 rings (SSSR count). The molecule has 0 aromatic heterocycles. The molecule has 0 aliphatic heterocycles. The van der Waals surface area contributed by atoms with E-state index in [2.05, 4.69) is 25.7 Å². The molecule has 0 heterocycles. The van der Waals surface area contributed by atoms with Gasteiger partial charge in [-0.3, -0.25) is 9.69 Å². The zero-order valence-electron chi connectivity index (χ0n) is 11.8. The van der Waals surface area contributed by atoms with Crippen LogP contribution in [0.25, 0.3) is 0 Å². The highest BCUT2D eigenvalue weighted by Crippen LogP contribution is 2.27. The molecule has 1 N–H and O–H groups in total. The molecular formula is C15H22ClNO2. The molecule has 3 nitrogen and oxygen atoms in total. The van der Waals surface area contributed by atoms with Crippen molar-refractivity contribution in [2.24, 2.45) is 0 Å². The summed E-state index contributed by atoms with van der Waals surface area (Å²) in [6.07, 6.45) is 1.11. The smallest absolute Gasteiger partial charge is 0.304 e. The first kappa shape index (κ1) is 16.0. The third-order valence-corrected chi connectivity index (χ3v) is 3.54. The Hall–Kier alpha value is -1.06. The standard InChI is InChI=1S/C15H22ClNO2/c1-4-14(12-5-7-13(16)8-6-12)17(11(2)3)10-9-15(18)19/h5-8,11,14H,4,9-10H2,1-3H3,(H,18,19). The lowest BCUT2D eigenvalue weighted by Crippen LogP contribution is -2.36. The van der Waals surface area contributed by atoms with Crippen LogP contribution >= 0.6 is 11.6 Å². The van der Waals surface area contributed by atoms with Gasteiger partial charge in [0.15, 0.2) is 0 Å². The lowest BCUT2D eigenvalue weighted by atomic mass is 10.0. The monoisotopic (exact) mass is 283 g/mol. The maximum Gasteiger partial charge on any atom is 0.304 e. The highest BCUT2D eigenvalue weighted by Gasteiger charge is 2.21. The zero-order chi connectivity index (χ0) is 14.4. The number of carbonyl (C=O) groups is 1. The predicted molar refractivity (Wildman–Crippen MR) is 78.6 cm³/mol. The number of carboxylic acids is 1. The summed E-state index contributed by atoms with van der Waals surface area (Å²) in [5.41, 5.74) is 1.19. The van der Waals surface area contributed by atoms with Gasteiger partial charge in [-0.05, 0) is 38.0 Å². The van der Waals surface area contributed by atoms with Gasteiger partial charge in [-0.1, -0.05) is 30.7 Å². The van der Waals surface area contributed by atoms with Crippen molar-refractivity contribution in [3.05, 3.63) is 34.9 Å². The molecule has 1 aromatic carbocycles. The largest absolute Gasteiger partial charge is 0.481 e. The van der Waals surface area contributed by atoms with Crippen molar-refractivity contribution in [3.8, 4) is 0 Å². The fraction of sp³-hybridized carbons (Fsp3) is 0.533. The summed E-state index contributed by atoms with van der Waals surface area (Å²) in [5.74, 6) is -0.753. The third kappa shape index (κ3) is 4.84. The minimum absolute atomic E-state index is 0.169. The molecular weight excluding hydrogens is 262 g/mol. The quantitative estimate of drug-likeness (QED) is 0.823. The van der Waals surface area contributed by atoms with Crippen molar-refractivity contribution in [1.82, 2.24) is 4.90 Å². The van der Waals surface area contributed by atoms with Crippen LogP contribution in [-0.2, 0) is 4.79 Å². The Kier molecular flexibility index (Phi) is 6.32. The first-order valence-electron chi connectivity index (χ1n) is 6.68. The second-order valence-electron chi connectivity index (χ2n) is 4.95. The maximum atomic E-state index is 10.8. The van der Waals surface area contributed by atoms with Crippen LogP contribution in [0, 0.1) is 0 Å². The minimum Gasteiger partial charge on any atom is -0.481 e. The van der Waals surface area contributed by atoms with Gasteiger partial charge in [-0.25, -0.2) is 0 Å². The fourth-order valence-corrected chi connectivity index (χ4v) is 2.47. The number of aliphatic carboxylic acids is 1. The van der Waals surface area contributed by atoms with Crippen LogP contribution in [0.1, 0.15) is 45.2 Å². The van der Waals surface area contributed by atoms with E-state index in [1.165, 1.54) is 5.56 Å². The van der Waals surface area contributed by atoms with Gasteiger partial charge in [0.25, 0.3) is 0 Å². The molecule has 0 radical (unpaired) electrons. The Balaban J connectivity index is 2.89. The summed E-state index contributed by atoms with van der Waals surface area (Å²) in [5, 5.41) is 9.58. The van der Waals surface area contributed by atoms with Gasteiger partial charge in [0.1, 0.15) is 0 Å².